The lowest BCUT2D eigenvalue weighted by Crippen LogP contribution is -2.05. The van der Waals surface area contributed by atoms with Gasteiger partial charge >= 0.3 is 0 Å². The first-order valence-corrected chi connectivity index (χ1v) is 10.6. The standard InChI is InChI=1S/C21H11F2N3O3S2/c22-10-5-6-13-14(9-10)31-21(25-13)26-16(11-3-1-2-4-12(11)23)15(18(28)20(26)29)17(27)19-24-7-8-30-19/h1-9,28-29H. The van der Waals surface area contributed by atoms with Crippen molar-refractivity contribution < 1.29 is 23.8 Å². The molecular weight excluding hydrogens is 444 g/mol. The maximum absolute atomic E-state index is 14.8. The Labute approximate surface area is 181 Å². The van der Waals surface area contributed by atoms with Gasteiger partial charge in [0.05, 0.1) is 21.5 Å². The van der Waals surface area contributed by atoms with Gasteiger partial charge in [-0.2, -0.15) is 0 Å². The van der Waals surface area contributed by atoms with E-state index in [0.29, 0.717) is 10.2 Å². The van der Waals surface area contributed by atoms with Gasteiger partial charge in [0.2, 0.25) is 11.7 Å². The molecule has 3 aromatic heterocycles. The first kappa shape index (κ1) is 19.3. The van der Waals surface area contributed by atoms with E-state index in [9.17, 15) is 23.8 Å². The Kier molecular flexibility index (Phi) is 4.53. The zero-order valence-electron chi connectivity index (χ0n) is 15.4. The number of aromatic hydroxyl groups is 2. The Morgan fingerprint density at radius 1 is 1.10 bits per heavy atom. The van der Waals surface area contributed by atoms with E-state index in [1.165, 1.54) is 42.6 Å². The van der Waals surface area contributed by atoms with Gasteiger partial charge in [0.25, 0.3) is 0 Å². The number of ketones is 1. The van der Waals surface area contributed by atoms with Gasteiger partial charge < -0.3 is 10.2 Å². The van der Waals surface area contributed by atoms with E-state index < -0.39 is 29.0 Å². The average Bonchev–Trinajstić information content (AvgIpc) is 3.47. The molecule has 0 unspecified atom stereocenters. The van der Waals surface area contributed by atoms with Gasteiger partial charge in [0.15, 0.2) is 15.9 Å². The highest BCUT2D eigenvalue weighted by atomic mass is 32.1. The smallest absolute Gasteiger partial charge is 0.242 e. The normalized spacial score (nSPS) is 11.3. The lowest BCUT2D eigenvalue weighted by Gasteiger charge is -2.09. The van der Waals surface area contributed by atoms with Gasteiger partial charge in [-0.25, -0.2) is 18.7 Å². The molecule has 0 fully saturated rings. The number of carbonyl (C=O) groups excluding carboxylic acids is 1. The highest BCUT2D eigenvalue weighted by Crippen LogP contribution is 2.45. The molecule has 0 saturated heterocycles. The van der Waals surface area contributed by atoms with E-state index in [1.807, 2.05) is 0 Å². The SMILES string of the molecule is O=C(c1nccs1)c1c(O)c(O)n(-c2nc3ccc(F)cc3s2)c1-c1ccccc1F. The molecule has 0 amide bonds. The number of hydrogen-bond donors (Lipinski definition) is 2. The van der Waals surface area contributed by atoms with E-state index >= 15 is 0 Å². The first-order chi connectivity index (χ1) is 15.0. The summed E-state index contributed by atoms with van der Waals surface area (Å²) in [5.41, 5.74) is 0.0422. The van der Waals surface area contributed by atoms with Crippen molar-refractivity contribution in [2.75, 3.05) is 0 Å². The Morgan fingerprint density at radius 3 is 2.65 bits per heavy atom. The van der Waals surface area contributed by atoms with Crippen molar-refractivity contribution in [2.24, 2.45) is 0 Å². The molecule has 0 atom stereocenters. The number of thiazole rings is 2. The quantitative estimate of drug-likeness (QED) is 0.367. The second-order valence-electron chi connectivity index (χ2n) is 6.49. The molecule has 5 aromatic rings. The summed E-state index contributed by atoms with van der Waals surface area (Å²) in [4.78, 5) is 21.5. The molecule has 2 aromatic carbocycles. The minimum absolute atomic E-state index is 0.0246. The van der Waals surface area contributed by atoms with Crippen LogP contribution in [-0.2, 0) is 0 Å². The van der Waals surface area contributed by atoms with Gasteiger partial charge in [-0.1, -0.05) is 23.5 Å². The minimum atomic E-state index is -0.719. The van der Waals surface area contributed by atoms with E-state index in [0.717, 1.165) is 27.2 Å². The van der Waals surface area contributed by atoms with Crippen LogP contribution in [-0.4, -0.2) is 30.5 Å². The molecule has 0 spiro atoms. The van der Waals surface area contributed by atoms with E-state index in [1.54, 1.807) is 11.4 Å². The molecule has 31 heavy (non-hydrogen) atoms. The van der Waals surface area contributed by atoms with Crippen LogP contribution in [0.2, 0.25) is 0 Å². The van der Waals surface area contributed by atoms with Crippen molar-refractivity contribution in [2.45, 2.75) is 0 Å². The summed E-state index contributed by atoms with van der Waals surface area (Å²) in [5, 5.41) is 23.2. The van der Waals surface area contributed by atoms with Crippen LogP contribution in [0, 0.1) is 11.6 Å². The van der Waals surface area contributed by atoms with Crippen LogP contribution in [0.25, 0.3) is 26.6 Å². The fraction of sp³-hybridized carbons (Fsp3) is 0. The predicted octanol–water partition coefficient (Wildman–Crippen LogP) is 5.13. The Morgan fingerprint density at radius 2 is 1.90 bits per heavy atom. The molecule has 5 rings (SSSR count). The third kappa shape index (κ3) is 3.07. The van der Waals surface area contributed by atoms with Gasteiger partial charge in [-0.15, -0.1) is 11.3 Å². The van der Waals surface area contributed by atoms with Crippen molar-refractivity contribution in [1.29, 1.82) is 0 Å². The van der Waals surface area contributed by atoms with Crippen LogP contribution < -0.4 is 0 Å². The van der Waals surface area contributed by atoms with Crippen molar-refractivity contribution in [3.8, 4) is 28.0 Å². The Hall–Kier alpha value is -3.63. The Bertz CT molecular complexity index is 1460. The predicted molar refractivity (Wildman–Crippen MR) is 113 cm³/mol. The van der Waals surface area contributed by atoms with Gasteiger partial charge in [-0.05, 0) is 30.3 Å². The zero-order valence-corrected chi connectivity index (χ0v) is 17.0. The summed E-state index contributed by atoms with van der Waals surface area (Å²) in [6, 6.07) is 9.66. The van der Waals surface area contributed by atoms with Gasteiger partial charge in [0.1, 0.15) is 11.6 Å². The second kappa shape index (κ2) is 7.25. The molecule has 0 aliphatic rings. The monoisotopic (exact) mass is 455 g/mol. The molecular formula is C21H11F2N3O3S2. The lowest BCUT2D eigenvalue weighted by molar-refractivity contribution is 0.103. The van der Waals surface area contributed by atoms with Crippen LogP contribution in [0.3, 0.4) is 0 Å². The number of carbonyl (C=O) groups is 1. The number of benzene rings is 2. The van der Waals surface area contributed by atoms with Crippen LogP contribution in [0.15, 0.2) is 54.0 Å². The summed E-state index contributed by atoms with van der Waals surface area (Å²) in [6.45, 7) is 0. The second-order valence-corrected chi connectivity index (χ2v) is 8.39. The molecule has 10 heteroatoms. The fourth-order valence-corrected chi connectivity index (χ4v) is 4.86. The third-order valence-corrected chi connectivity index (χ3v) is 6.41. The zero-order chi connectivity index (χ0) is 21.7. The lowest BCUT2D eigenvalue weighted by atomic mass is 10.0. The molecule has 0 radical (unpaired) electrons. The maximum Gasteiger partial charge on any atom is 0.242 e. The highest BCUT2D eigenvalue weighted by Gasteiger charge is 2.33. The largest absolute Gasteiger partial charge is 0.503 e. The molecule has 3 heterocycles. The molecule has 0 saturated carbocycles. The van der Waals surface area contributed by atoms with Crippen molar-refractivity contribution in [3.05, 3.63) is 76.2 Å². The summed E-state index contributed by atoms with van der Waals surface area (Å²) < 4.78 is 30.0. The number of rotatable bonds is 4. The molecule has 2 N–H and O–H groups in total. The van der Waals surface area contributed by atoms with Crippen molar-refractivity contribution in [3.63, 3.8) is 0 Å². The van der Waals surface area contributed by atoms with Gasteiger partial charge in [-0.3, -0.25) is 9.36 Å². The number of halogens is 2. The maximum atomic E-state index is 14.8. The molecule has 6 nitrogen and oxygen atoms in total. The van der Waals surface area contributed by atoms with Crippen LogP contribution in [0.1, 0.15) is 15.4 Å². The first-order valence-electron chi connectivity index (χ1n) is 8.88. The van der Waals surface area contributed by atoms with Crippen LogP contribution in [0.4, 0.5) is 8.78 Å². The number of hydrogen-bond acceptors (Lipinski definition) is 7. The molecule has 0 aliphatic carbocycles. The molecule has 0 aliphatic heterocycles. The van der Waals surface area contributed by atoms with Crippen molar-refractivity contribution in [1.82, 2.24) is 14.5 Å². The Balaban J connectivity index is 1.85. The molecule has 0 bridgehead atoms. The average molecular weight is 455 g/mol. The third-order valence-electron chi connectivity index (χ3n) is 4.63. The summed E-state index contributed by atoms with van der Waals surface area (Å²) in [6.07, 6.45) is 1.43. The van der Waals surface area contributed by atoms with Crippen molar-refractivity contribution >= 4 is 38.7 Å². The summed E-state index contributed by atoms with van der Waals surface area (Å²) in [7, 11) is 0. The number of aromatic nitrogens is 3. The summed E-state index contributed by atoms with van der Waals surface area (Å²) >= 11 is 2.07. The van der Waals surface area contributed by atoms with Crippen LogP contribution in [0.5, 0.6) is 11.6 Å². The summed E-state index contributed by atoms with van der Waals surface area (Å²) in [5.74, 6) is -3.20. The van der Waals surface area contributed by atoms with E-state index in [2.05, 4.69) is 9.97 Å². The minimum Gasteiger partial charge on any atom is -0.503 e. The fourth-order valence-electron chi connectivity index (χ4n) is 3.28. The topological polar surface area (TPSA) is 88.2 Å². The van der Waals surface area contributed by atoms with Gasteiger partial charge in [0, 0.05) is 17.1 Å². The molecule has 154 valence electrons. The number of nitrogens with zero attached hydrogens (tertiary/aromatic N) is 3. The highest BCUT2D eigenvalue weighted by molar-refractivity contribution is 7.20. The van der Waals surface area contributed by atoms with Crippen LogP contribution >= 0.6 is 22.7 Å². The van der Waals surface area contributed by atoms with E-state index in [4.69, 9.17) is 0 Å². The number of fused-ring (bicyclic) bond motifs is 1. The van der Waals surface area contributed by atoms with E-state index in [-0.39, 0.29) is 27.0 Å².